The van der Waals surface area contributed by atoms with Crippen molar-refractivity contribution in [1.82, 2.24) is 24.5 Å². The van der Waals surface area contributed by atoms with Gasteiger partial charge in [-0.1, -0.05) is 18.3 Å². The highest BCUT2D eigenvalue weighted by Gasteiger charge is 2.48. The lowest BCUT2D eigenvalue weighted by molar-refractivity contribution is -0.137. The van der Waals surface area contributed by atoms with E-state index < -0.39 is 27.2 Å². The van der Waals surface area contributed by atoms with E-state index in [2.05, 4.69) is 19.9 Å². The first-order valence-electron chi connectivity index (χ1n) is 9.57. The van der Waals surface area contributed by atoms with Gasteiger partial charge in [-0.2, -0.15) is 13.2 Å². The molecule has 4 aromatic rings. The molecule has 0 bridgehead atoms. The molecule has 0 N–H and O–H groups in total. The molecular formula is C19H15F4N5O2S2. The molecule has 1 aliphatic carbocycles. The number of imidazole rings is 1. The maximum Gasteiger partial charge on any atom is 0.417 e. The van der Waals surface area contributed by atoms with Crippen LogP contribution < -0.4 is 0 Å². The van der Waals surface area contributed by atoms with Crippen molar-refractivity contribution < 1.29 is 26.0 Å². The Labute approximate surface area is 183 Å². The Balaban J connectivity index is 1.77. The third-order valence-corrected chi connectivity index (χ3v) is 8.27. The van der Waals surface area contributed by atoms with Gasteiger partial charge in [0.15, 0.2) is 27.0 Å². The molecule has 0 saturated heterocycles. The topological polar surface area (TPSA) is 90.6 Å². The van der Waals surface area contributed by atoms with Gasteiger partial charge in [-0.25, -0.2) is 32.7 Å². The van der Waals surface area contributed by atoms with Gasteiger partial charge in [-0.3, -0.25) is 0 Å². The molecule has 168 valence electrons. The number of nitrogens with zero attached hydrogens (tertiary/aromatic N) is 5. The van der Waals surface area contributed by atoms with Crippen LogP contribution in [0.2, 0.25) is 0 Å². The maximum atomic E-state index is 14.5. The van der Waals surface area contributed by atoms with E-state index in [1.807, 2.05) is 0 Å². The number of rotatable bonds is 4. The van der Waals surface area contributed by atoms with Crippen LogP contribution in [0.25, 0.3) is 33.0 Å². The van der Waals surface area contributed by atoms with E-state index in [-0.39, 0.29) is 43.9 Å². The number of hydrogen-bond acceptors (Lipinski definition) is 7. The van der Waals surface area contributed by atoms with Gasteiger partial charge in [0.25, 0.3) is 0 Å². The zero-order valence-corrected chi connectivity index (χ0v) is 18.4. The van der Waals surface area contributed by atoms with Gasteiger partial charge < -0.3 is 4.57 Å². The van der Waals surface area contributed by atoms with E-state index in [0.29, 0.717) is 23.9 Å². The number of halogens is 4. The molecule has 7 nitrogen and oxygen atoms in total. The fourth-order valence-corrected chi connectivity index (χ4v) is 5.45. The predicted molar refractivity (Wildman–Crippen MR) is 110 cm³/mol. The number of pyridine rings is 2. The summed E-state index contributed by atoms with van der Waals surface area (Å²) in [5.41, 5.74) is -2.17. The molecule has 1 aliphatic rings. The van der Waals surface area contributed by atoms with E-state index in [1.165, 1.54) is 24.6 Å². The van der Waals surface area contributed by atoms with Crippen LogP contribution >= 0.6 is 11.3 Å². The number of aromatic nitrogens is 5. The molecule has 4 aromatic heterocycles. The number of thiazole rings is 1. The molecule has 32 heavy (non-hydrogen) atoms. The lowest BCUT2D eigenvalue weighted by atomic mass is 10.2. The molecule has 4 heterocycles. The first-order chi connectivity index (χ1) is 14.9. The fraction of sp³-hybridized carbons (Fsp3) is 0.368. The molecule has 0 aliphatic heterocycles. The lowest BCUT2D eigenvalue weighted by Gasteiger charge is -2.08. The highest BCUT2D eigenvalue weighted by molar-refractivity contribution is 7.91. The molecular weight excluding hydrogens is 470 g/mol. The molecule has 0 radical (unpaired) electrons. The summed E-state index contributed by atoms with van der Waals surface area (Å²) in [6, 6.07) is 2.18. The summed E-state index contributed by atoms with van der Waals surface area (Å²) in [5, 5.41) is 0.235. The minimum atomic E-state index is -4.60. The molecule has 0 atom stereocenters. The van der Waals surface area contributed by atoms with Crippen LogP contribution in [0.4, 0.5) is 17.6 Å². The van der Waals surface area contributed by atoms with E-state index in [1.54, 1.807) is 0 Å². The number of alkyl halides is 4. The first kappa shape index (κ1) is 21.2. The van der Waals surface area contributed by atoms with Gasteiger partial charge in [-0.05, 0) is 25.0 Å². The fourth-order valence-electron chi connectivity index (χ4n) is 3.36. The largest absolute Gasteiger partial charge is 0.417 e. The zero-order chi connectivity index (χ0) is 23.1. The van der Waals surface area contributed by atoms with Gasteiger partial charge in [-0.15, -0.1) is 0 Å². The van der Waals surface area contributed by atoms with Crippen molar-refractivity contribution in [3.8, 4) is 11.5 Å². The molecule has 13 heteroatoms. The van der Waals surface area contributed by atoms with Crippen LogP contribution in [0.15, 0.2) is 23.2 Å². The second-order valence-corrected chi connectivity index (χ2v) is 10.8. The molecule has 0 spiro atoms. The highest BCUT2D eigenvalue weighted by atomic mass is 32.2. The minimum Gasteiger partial charge on any atom is -0.310 e. The van der Waals surface area contributed by atoms with Crippen LogP contribution in [-0.2, 0) is 28.7 Å². The minimum absolute atomic E-state index is 0.0349. The molecule has 5 rings (SSSR count). The molecule has 1 saturated carbocycles. The normalized spacial score (nSPS) is 16.2. The molecule has 0 aromatic carbocycles. The van der Waals surface area contributed by atoms with Crippen molar-refractivity contribution in [2.75, 3.05) is 5.75 Å². The average molecular weight is 485 g/mol. The number of hydrogen-bond donors (Lipinski definition) is 0. The van der Waals surface area contributed by atoms with E-state index in [9.17, 15) is 26.0 Å². The van der Waals surface area contributed by atoms with Crippen molar-refractivity contribution in [1.29, 1.82) is 0 Å². The highest BCUT2D eigenvalue weighted by Crippen LogP contribution is 2.51. The predicted octanol–water partition coefficient (Wildman–Crippen LogP) is 4.41. The van der Waals surface area contributed by atoms with Gasteiger partial charge >= 0.3 is 6.18 Å². The van der Waals surface area contributed by atoms with Crippen LogP contribution in [0.5, 0.6) is 0 Å². The van der Waals surface area contributed by atoms with Gasteiger partial charge in [0.05, 0.1) is 16.2 Å². The van der Waals surface area contributed by atoms with Crippen molar-refractivity contribution in [2.24, 2.45) is 7.05 Å². The van der Waals surface area contributed by atoms with E-state index >= 15 is 0 Å². The van der Waals surface area contributed by atoms with Gasteiger partial charge in [0.2, 0.25) is 0 Å². The Morgan fingerprint density at radius 2 is 1.88 bits per heavy atom. The molecule has 0 amide bonds. The quantitative estimate of drug-likeness (QED) is 0.398. The third-order valence-electron chi connectivity index (χ3n) is 5.38. The van der Waals surface area contributed by atoms with Crippen LogP contribution in [0.3, 0.4) is 0 Å². The summed E-state index contributed by atoms with van der Waals surface area (Å²) in [6.45, 7) is 1.46. The second-order valence-electron chi connectivity index (χ2n) is 7.61. The summed E-state index contributed by atoms with van der Waals surface area (Å²) in [5.74, 6) is -0.199. The Morgan fingerprint density at radius 1 is 1.16 bits per heavy atom. The monoisotopic (exact) mass is 485 g/mol. The molecule has 1 fully saturated rings. The third kappa shape index (κ3) is 3.25. The number of sulfone groups is 1. The van der Waals surface area contributed by atoms with Crippen LogP contribution in [0.1, 0.15) is 30.3 Å². The lowest BCUT2D eigenvalue weighted by Crippen LogP contribution is -2.09. The Morgan fingerprint density at radius 3 is 2.50 bits per heavy atom. The summed E-state index contributed by atoms with van der Waals surface area (Å²) in [6.07, 6.45) is -3.22. The van der Waals surface area contributed by atoms with Crippen molar-refractivity contribution in [3.63, 3.8) is 0 Å². The van der Waals surface area contributed by atoms with Gasteiger partial charge in [0.1, 0.15) is 26.6 Å². The second kappa shape index (κ2) is 6.67. The van der Waals surface area contributed by atoms with E-state index in [0.717, 1.165) is 17.4 Å². The van der Waals surface area contributed by atoms with Gasteiger partial charge in [0, 0.05) is 13.2 Å². The Bertz CT molecular complexity index is 1500. The van der Waals surface area contributed by atoms with Crippen molar-refractivity contribution in [3.05, 3.63) is 28.9 Å². The van der Waals surface area contributed by atoms with Crippen LogP contribution in [-0.4, -0.2) is 38.7 Å². The standard InChI is InChI=1S/C19H15F4N5O2S2/c1-3-32(29,30)12-7-11-16(31-17(26-11)18(20)4-5-18)27-13(12)15-25-10-6-9(19(21,22)23)8-24-14(10)28(15)2/h6-8H,3-5H2,1-2H3. The van der Waals surface area contributed by atoms with E-state index in [4.69, 9.17) is 0 Å². The summed E-state index contributed by atoms with van der Waals surface area (Å²) >= 11 is 1.03. The smallest absolute Gasteiger partial charge is 0.310 e. The average Bonchev–Trinajstić information content (AvgIpc) is 3.20. The summed E-state index contributed by atoms with van der Waals surface area (Å²) < 4.78 is 80.8. The van der Waals surface area contributed by atoms with Crippen LogP contribution in [0, 0.1) is 0 Å². The number of aryl methyl sites for hydroxylation is 1. The summed E-state index contributed by atoms with van der Waals surface area (Å²) in [4.78, 5) is 16.9. The number of fused-ring (bicyclic) bond motifs is 2. The van der Waals surface area contributed by atoms with Crippen molar-refractivity contribution in [2.45, 2.75) is 36.5 Å². The summed E-state index contributed by atoms with van der Waals surface area (Å²) in [7, 11) is -2.30. The first-order valence-corrected chi connectivity index (χ1v) is 12.0. The Hall–Kier alpha value is -2.67. The zero-order valence-electron chi connectivity index (χ0n) is 16.7. The SMILES string of the molecule is CCS(=O)(=O)c1cc2nc(C3(F)CC3)sc2nc1-c1nc2cc(C(F)(F)F)cnc2n1C. The maximum absolute atomic E-state index is 14.5. The molecule has 0 unspecified atom stereocenters. The Kier molecular flexibility index (Phi) is 4.42. The van der Waals surface area contributed by atoms with Crippen molar-refractivity contribution >= 4 is 42.7 Å².